The Balaban J connectivity index is 1.54. The maximum atomic E-state index is 12.9. The number of carbonyl (C=O) groups is 1. The summed E-state index contributed by atoms with van der Waals surface area (Å²) < 4.78 is 16.4. The third-order valence-electron chi connectivity index (χ3n) is 5.10. The molecule has 27 heavy (non-hydrogen) atoms. The zero-order valence-electron chi connectivity index (χ0n) is 15.8. The van der Waals surface area contributed by atoms with Gasteiger partial charge in [-0.15, -0.1) is 0 Å². The quantitative estimate of drug-likeness (QED) is 0.824. The Kier molecular flexibility index (Phi) is 5.13. The second-order valence-electron chi connectivity index (χ2n) is 7.25. The van der Waals surface area contributed by atoms with Crippen LogP contribution in [0.1, 0.15) is 34.3 Å². The van der Waals surface area contributed by atoms with Crippen molar-refractivity contribution in [3.8, 4) is 5.75 Å². The lowest BCUT2D eigenvalue weighted by Crippen LogP contribution is -2.40. The first-order chi connectivity index (χ1) is 13.1. The van der Waals surface area contributed by atoms with E-state index in [0.717, 1.165) is 44.2 Å². The molecular weight excluding hydrogens is 346 g/mol. The van der Waals surface area contributed by atoms with Crippen LogP contribution in [0.2, 0.25) is 0 Å². The molecule has 1 aromatic heterocycles. The number of carbonyl (C=O) groups excluding carboxylic acids is 1. The fourth-order valence-electron chi connectivity index (χ4n) is 3.54. The van der Waals surface area contributed by atoms with Gasteiger partial charge in [-0.3, -0.25) is 9.69 Å². The van der Waals surface area contributed by atoms with Gasteiger partial charge in [0.1, 0.15) is 18.1 Å². The molecule has 3 heterocycles. The van der Waals surface area contributed by atoms with E-state index in [1.54, 1.807) is 13.0 Å². The highest BCUT2D eigenvalue weighted by Crippen LogP contribution is 2.28. The van der Waals surface area contributed by atoms with Gasteiger partial charge in [-0.2, -0.15) is 0 Å². The molecule has 0 aliphatic carbocycles. The van der Waals surface area contributed by atoms with Gasteiger partial charge in [0.25, 0.3) is 5.91 Å². The van der Waals surface area contributed by atoms with Gasteiger partial charge in [0.2, 0.25) is 0 Å². The Morgan fingerprint density at radius 2 is 2.07 bits per heavy atom. The van der Waals surface area contributed by atoms with Crippen molar-refractivity contribution in [2.24, 2.45) is 0 Å². The van der Waals surface area contributed by atoms with Gasteiger partial charge in [-0.25, -0.2) is 0 Å². The lowest BCUT2D eigenvalue weighted by molar-refractivity contribution is 0.0341. The standard InChI is InChI=1S/C20H25N3O4/c1-14-13-26-19-4-3-16(11-22-5-7-25-8-6-22)10-17(19)12-23(14)20(24)18-9-15(2)27-21-18/h3-4,9-10,14H,5-8,11-13H2,1-2H3/t14-/m0/s1. The van der Waals surface area contributed by atoms with Crippen molar-refractivity contribution in [2.45, 2.75) is 33.0 Å². The fraction of sp³-hybridized carbons (Fsp3) is 0.500. The zero-order chi connectivity index (χ0) is 18.8. The summed E-state index contributed by atoms with van der Waals surface area (Å²) >= 11 is 0. The summed E-state index contributed by atoms with van der Waals surface area (Å²) in [6, 6.07) is 7.90. The second-order valence-corrected chi connectivity index (χ2v) is 7.25. The molecule has 1 amide bonds. The third-order valence-corrected chi connectivity index (χ3v) is 5.10. The molecular formula is C20H25N3O4. The van der Waals surface area contributed by atoms with Crippen LogP contribution < -0.4 is 4.74 Å². The van der Waals surface area contributed by atoms with E-state index in [-0.39, 0.29) is 11.9 Å². The largest absolute Gasteiger partial charge is 0.491 e. The van der Waals surface area contributed by atoms with Crippen molar-refractivity contribution in [1.29, 1.82) is 0 Å². The van der Waals surface area contributed by atoms with Gasteiger partial charge in [-0.05, 0) is 31.5 Å². The number of aromatic nitrogens is 1. The predicted molar refractivity (Wildman–Crippen MR) is 98.6 cm³/mol. The number of rotatable bonds is 3. The van der Waals surface area contributed by atoms with E-state index in [4.69, 9.17) is 14.0 Å². The zero-order valence-corrected chi connectivity index (χ0v) is 15.8. The molecule has 2 aliphatic rings. The maximum absolute atomic E-state index is 12.9. The number of nitrogens with zero attached hydrogens (tertiary/aromatic N) is 3. The summed E-state index contributed by atoms with van der Waals surface area (Å²) in [5.41, 5.74) is 2.59. The second kappa shape index (κ2) is 7.70. The molecule has 2 aromatic rings. The highest BCUT2D eigenvalue weighted by atomic mass is 16.5. The van der Waals surface area contributed by atoms with E-state index in [1.807, 2.05) is 17.9 Å². The molecule has 7 nitrogen and oxygen atoms in total. The summed E-state index contributed by atoms with van der Waals surface area (Å²) in [4.78, 5) is 17.1. The van der Waals surface area contributed by atoms with E-state index >= 15 is 0 Å². The first-order valence-electron chi connectivity index (χ1n) is 9.39. The normalized spacial score (nSPS) is 20.7. The fourth-order valence-corrected chi connectivity index (χ4v) is 3.54. The van der Waals surface area contributed by atoms with Crippen LogP contribution in [0.3, 0.4) is 0 Å². The third kappa shape index (κ3) is 3.99. The molecule has 0 N–H and O–H groups in total. The summed E-state index contributed by atoms with van der Waals surface area (Å²) in [7, 11) is 0. The Morgan fingerprint density at radius 1 is 1.26 bits per heavy atom. The predicted octanol–water partition coefficient (Wildman–Crippen LogP) is 2.24. The van der Waals surface area contributed by atoms with Crippen LogP contribution in [0.25, 0.3) is 0 Å². The number of morpholine rings is 1. The number of fused-ring (bicyclic) bond motifs is 1. The van der Waals surface area contributed by atoms with Crippen molar-refractivity contribution >= 4 is 5.91 Å². The lowest BCUT2D eigenvalue weighted by atomic mass is 10.1. The van der Waals surface area contributed by atoms with Crippen LogP contribution in [0, 0.1) is 6.92 Å². The number of hydrogen-bond acceptors (Lipinski definition) is 6. The molecule has 1 aromatic carbocycles. The molecule has 1 atom stereocenters. The SMILES string of the molecule is Cc1cc(C(=O)N2Cc3cc(CN4CCOCC4)ccc3OC[C@@H]2C)no1. The highest BCUT2D eigenvalue weighted by Gasteiger charge is 2.28. The van der Waals surface area contributed by atoms with Crippen LogP contribution in [0.4, 0.5) is 0 Å². The van der Waals surface area contributed by atoms with Crippen LogP contribution >= 0.6 is 0 Å². The number of aryl methyl sites for hydroxylation is 1. The molecule has 1 fully saturated rings. The van der Waals surface area contributed by atoms with Crippen LogP contribution in [-0.4, -0.2) is 59.8 Å². The van der Waals surface area contributed by atoms with Crippen molar-refractivity contribution < 1.29 is 18.8 Å². The summed E-state index contributed by atoms with van der Waals surface area (Å²) in [6.45, 7) is 9.06. The topological polar surface area (TPSA) is 68.0 Å². The minimum Gasteiger partial charge on any atom is -0.491 e. The molecule has 2 aliphatic heterocycles. The van der Waals surface area contributed by atoms with Crippen molar-refractivity contribution in [3.63, 3.8) is 0 Å². The van der Waals surface area contributed by atoms with Crippen LogP contribution in [0.5, 0.6) is 5.75 Å². The molecule has 1 saturated heterocycles. The molecule has 144 valence electrons. The minimum atomic E-state index is -0.130. The molecule has 0 bridgehead atoms. The summed E-state index contributed by atoms with van der Waals surface area (Å²) in [5.74, 6) is 1.35. The first kappa shape index (κ1) is 18.0. The Labute approximate surface area is 158 Å². The van der Waals surface area contributed by atoms with Gasteiger partial charge < -0.3 is 18.9 Å². The number of hydrogen-bond donors (Lipinski definition) is 0. The average Bonchev–Trinajstić information content (AvgIpc) is 3.04. The smallest absolute Gasteiger partial charge is 0.276 e. The lowest BCUT2D eigenvalue weighted by Gasteiger charge is -2.27. The van der Waals surface area contributed by atoms with E-state index in [1.165, 1.54) is 5.56 Å². The van der Waals surface area contributed by atoms with Crippen LogP contribution in [-0.2, 0) is 17.8 Å². The number of ether oxygens (including phenoxy) is 2. The molecule has 0 saturated carbocycles. The first-order valence-corrected chi connectivity index (χ1v) is 9.39. The molecule has 0 spiro atoms. The molecule has 0 radical (unpaired) electrons. The Bertz CT molecular complexity index is 813. The number of benzene rings is 1. The maximum Gasteiger partial charge on any atom is 0.276 e. The van der Waals surface area contributed by atoms with E-state index < -0.39 is 0 Å². The Morgan fingerprint density at radius 3 is 2.81 bits per heavy atom. The van der Waals surface area contributed by atoms with Gasteiger partial charge in [0.05, 0.1) is 25.8 Å². The average molecular weight is 371 g/mol. The van der Waals surface area contributed by atoms with E-state index in [2.05, 4.69) is 22.2 Å². The monoisotopic (exact) mass is 371 g/mol. The molecule has 4 rings (SSSR count). The van der Waals surface area contributed by atoms with Gasteiger partial charge in [0, 0.05) is 31.3 Å². The van der Waals surface area contributed by atoms with Crippen LogP contribution in [0.15, 0.2) is 28.8 Å². The Hall–Kier alpha value is -2.38. The van der Waals surface area contributed by atoms with Crippen molar-refractivity contribution in [2.75, 3.05) is 32.9 Å². The molecule has 0 unspecified atom stereocenters. The van der Waals surface area contributed by atoms with Gasteiger partial charge >= 0.3 is 0 Å². The van der Waals surface area contributed by atoms with Crippen molar-refractivity contribution in [3.05, 3.63) is 46.8 Å². The minimum absolute atomic E-state index is 0.0513. The summed E-state index contributed by atoms with van der Waals surface area (Å²) in [5, 5.41) is 3.88. The van der Waals surface area contributed by atoms with E-state index in [0.29, 0.717) is 24.6 Å². The summed E-state index contributed by atoms with van der Waals surface area (Å²) in [6.07, 6.45) is 0. The molecule has 7 heteroatoms. The number of amides is 1. The van der Waals surface area contributed by atoms with Gasteiger partial charge in [-0.1, -0.05) is 11.2 Å². The van der Waals surface area contributed by atoms with Gasteiger partial charge in [0.15, 0.2) is 5.69 Å². The van der Waals surface area contributed by atoms with Crippen molar-refractivity contribution in [1.82, 2.24) is 15.0 Å². The van der Waals surface area contributed by atoms with E-state index in [9.17, 15) is 4.79 Å². The highest BCUT2D eigenvalue weighted by molar-refractivity contribution is 5.92.